The summed E-state index contributed by atoms with van der Waals surface area (Å²) >= 11 is 0. The Morgan fingerprint density at radius 1 is 1.15 bits per heavy atom. The number of hydrogen-bond acceptors (Lipinski definition) is 3. The van der Waals surface area contributed by atoms with Gasteiger partial charge in [0.25, 0.3) is 5.91 Å². The van der Waals surface area contributed by atoms with E-state index in [1.807, 2.05) is 31.2 Å². The summed E-state index contributed by atoms with van der Waals surface area (Å²) in [6.45, 7) is 3.06. The molecule has 3 aromatic rings. The van der Waals surface area contributed by atoms with Crippen molar-refractivity contribution in [3.63, 3.8) is 0 Å². The van der Waals surface area contributed by atoms with E-state index >= 15 is 0 Å². The number of hydrogen-bond donors (Lipinski definition) is 0. The van der Waals surface area contributed by atoms with Crippen molar-refractivity contribution in [2.45, 2.75) is 13.3 Å². The van der Waals surface area contributed by atoms with Crippen LogP contribution in [0.4, 0.5) is 4.39 Å². The van der Waals surface area contributed by atoms with Crippen molar-refractivity contribution >= 4 is 5.91 Å². The Kier molecular flexibility index (Phi) is 5.86. The molecule has 27 heavy (non-hydrogen) atoms. The minimum atomic E-state index is -0.388. The molecule has 0 aliphatic heterocycles. The second kappa shape index (κ2) is 8.49. The summed E-state index contributed by atoms with van der Waals surface area (Å²) in [6, 6.07) is 15.7. The van der Waals surface area contributed by atoms with Gasteiger partial charge in [-0.3, -0.25) is 4.79 Å². The lowest BCUT2D eigenvalue weighted by Gasteiger charge is -2.16. The number of ether oxygens (including phenoxy) is 1. The number of carbonyl (C=O) groups excluding carboxylic acids is 1. The number of aromatic nitrogens is 2. The molecule has 0 saturated heterocycles. The van der Waals surface area contributed by atoms with E-state index in [0.29, 0.717) is 25.3 Å². The van der Waals surface area contributed by atoms with Crippen LogP contribution in [0, 0.1) is 12.7 Å². The molecule has 5 nitrogen and oxygen atoms in total. The summed E-state index contributed by atoms with van der Waals surface area (Å²) in [6.07, 6.45) is 2.28. The average Bonchev–Trinajstić information content (AvgIpc) is 3.16. The molecule has 0 saturated carbocycles. The van der Waals surface area contributed by atoms with Crippen LogP contribution < -0.4 is 4.74 Å². The van der Waals surface area contributed by atoms with Crippen LogP contribution in [0.2, 0.25) is 0 Å². The third kappa shape index (κ3) is 4.53. The van der Waals surface area contributed by atoms with Crippen molar-refractivity contribution in [2.24, 2.45) is 0 Å². The van der Waals surface area contributed by atoms with Crippen LogP contribution in [0.25, 0.3) is 5.69 Å². The molecule has 140 valence electrons. The first-order valence-electron chi connectivity index (χ1n) is 8.81. The Bertz CT molecular complexity index is 923. The van der Waals surface area contributed by atoms with Crippen molar-refractivity contribution in [2.75, 3.05) is 20.2 Å². The van der Waals surface area contributed by atoms with Gasteiger partial charge in [-0.1, -0.05) is 30.3 Å². The first-order chi connectivity index (χ1) is 13.1. The number of aryl methyl sites for hydroxylation is 1. The molecule has 0 unspecified atom stereocenters. The van der Waals surface area contributed by atoms with Crippen LogP contribution in [0.5, 0.6) is 5.75 Å². The highest BCUT2D eigenvalue weighted by molar-refractivity contribution is 5.92. The van der Waals surface area contributed by atoms with Gasteiger partial charge in [-0.25, -0.2) is 9.07 Å². The summed E-state index contributed by atoms with van der Waals surface area (Å²) < 4.78 is 21.0. The van der Waals surface area contributed by atoms with Gasteiger partial charge in [0, 0.05) is 19.8 Å². The molecule has 0 bridgehead atoms. The smallest absolute Gasteiger partial charge is 0.274 e. The van der Waals surface area contributed by atoms with Crippen LogP contribution in [-0.4, -0.2) is 40.8 Å². The van der Waals surface area contributed by atoms with E-state index in [1.165, 1.54) is 10.7 Å². The molecule has 2 aromatic carbocycles. The largest absolute Gasteiger partial charge is 0.493 e. The Morgan fingerprint density at radius 3 is 2.67 bits per heavy atom. The van der Waals surface area contributed by atoms with Crippen LogP contribution in [-0.2, 0) is 0 Å². The molecule has 0 spiro atoms. The standard InChI is InChI=1S/C21H22FN3O2/c1-16-8-3-6-11-20(16)27-15-7-13-24(2)21(26)18-12-14-25(23-18)19-10-5-4-9-17(19)22/h3-6,8-12,14H,7,13,15H2,1-2H3. The summed E-state index contributed by atoms with van der Waals surface area (Å²) in [5, 5.41) is 4.20. The third-order valence-electron chi connectivity index (χ3n) is 4.24. The van der Waals surface area contributed by atoms with Gasteiger partial charge in [0.15, 0.2) is 5.69 Å². The maximum Gasteiger partial charge on any atom is 0.274 e. The Hall–Kier alpha value is -3.15. The summed E-state index contributed by atoms with van der Waals surface area (Å²) in [7, 11) is 1.72. The van der Waals surface area contributed by atoms with Gasteiger partial charge >= 0.3 is 0 Å². The van der Waals surface area contributed by atoms with E-state index < -0.39 is 0 Å². The van der Waals surface area contributed by atoms with Gasteiger partial charge in [0.2, 0.25) is 0 Å². The van der Waals surface area contributed by atoms with E-state index in [9.17, 15) is 9.18 Å². The average molecular weight is 367 g/mol. The number of nitrogens with zero attached hydrogens (tertiary/aromatic N) is 3. The van der Waals surface area contributed by atoms with Gasteiger partial charge in [0.1, 0.15) is 17.3 Å². The summed E-state index contributed by atoms with van der Waals surface area (Å²) in [4.78, 5) is 14.1. The number of benzene rings is 2. The maximum absolute atomic E-state index is 13.8. The van der Waals surface area contributed by atoms with E-state index in [1.54, 1.807) is 42.4 Å². The molecular formula is C21H22FN3O2. The van der Waals surface area contributed by atoms with E-state index in [4.69, 9.17) is 4.74 Å². The third-order valence-corrected chi connectivity index (χ3v) is 4.24. The minimum absolute atomic E-state index is 0.207. The molecule has 1 amide bonds. The van der Waals surface area contributed by atoms with Gasteiger partial charge in [-0.05, 0) is 43.2 Å². The fourth-order valence-electron chi connectivity index (χ4n) is 2.71. The highest BCUT2D eigenvalue weighted by Crippen LogP contribution is 2.16. The number of amides is 1. The first-order valence-corrected chi connectivity index (χ1v) is 8.81. The lowest BCUT2D eigenvalue weighted by Crippen LogP contribution is -2.29. The summed E-state index contributed by atoms with van der Waals surface area (Å²) in [5.41, 5.74) is 1.67. The molecule has 6 heteroatoms. The quantitative estimate of drug-likeness (QED) is 0.596. The van der Waals surface area contributed by atoms with Crippen LogP contribution in [0.1, 0.15) is 22.5 Å². The Labute approximate surface area is 158 Å². The number of rotatable bonds is 7. The van der Waals surface area contributed by atoms with Crippen molar-refractivity contribution in [1.29, 1.82) is 0 Å². The molecule has 0 aliphatic rings. The second-order valence-electron chi connectivity index (χ2n) is 6.29. The zero-order valence-corrected chi connectivity index (χ0v) is 15.4. The lowest BCUT2D eigenvalue weighted by molar-refractivity contribution is 0.0781. The molecule has 1 aromatic heterocycles. The maximum atomic E-state index is 13.8. The van der Waals surface area contributed by atoms with Crippen molar-refractivity contribution in [3.05, 3.63) is 77.9 Å². The van der Waals surface area contributed by atoms with Crippen molar-refractivity contribution < 1.29 is 13.9 Å². The summed E-state index contributed by atoms with van der Waals surface area (Å²) in [5.74, 6) is 0.261. The molecule has 3 rings (SSSR count). The zero-order chi connectivity index (χ0) is 19.2. The van der Waals surface area contributed by atoms with Crippen LogP contribution >= 0.6 is 0 Å². The topological polar surface area (TPSA) is 47.4 Å². The minimum Gasteiger partial charge on any atom is -0.493 e. The van der Waals surface area contributed by atoms with E-state index in [0.717, 1.165) is 11.3 Å². The predicted octanol–water partition coefficient (Wildman–Crippen LogP) is 3.86. The second-order valence-corrected chi connectivity index (χ2v) is 6.29. The predicted molar refractivity (Wildman–Crippen MR) is 102 cm³/mol. The first kappa shape index (κ1) is 18.6. The molecule has 0 fully saturated rings. The number of halogens is 1. The van der Waals surface area contributed by atoms with Gasteiger partial charge < -0.3 is 9.64 Å². The molecule has 0 N–H and O–H groups in total. The fraction of sp³-hybridized carbons (Fsp3) is 0.238. The zero-order valence-electron chi connectivity index (χ0n) is 15.4. The molecule has 0 atom stereocenters. The molecule has 0 aliphatic carbocycles. The van der Waals surface area contributed by atoms with Crippen LogP contribution in [0.3, 0.4) is 0 Å². The van der Waals surface area contributed by atoms with Gasteiger partial charge in [0.05, 0.1) is 6.61 Å². The SMILES string of the molecule is Cc1ccccc1OCCCN(C)C(=O)c1ccn(-c2ccccc2F)n1. The van der Waals surface area contributed by atoms with Gasteiger partial charge in [-0.2, -0.15) is 5.10 Å². The Balaban J connectivity index is 1.53. The lowest BCUT2D eigenvalue weighted by atomic mass is 10.2. The van der Waals surface area contributed by atoms with Gasteiger partial charge in [-0.15, -0.1) is 0 Å². The van der Waals surface area contributed by atoms with Crippen LogP contribution in [0.15, 0.2) is 60.8 Å². The molecule has 1 heterocycles. The Morgan fingerprint density at radius 2 is 1.89 bits per heavy atom. The molecular weight excluding hydrogens is 345 g/mol. The van der Waals surface area contributed by atoms with Crippen molar-refractivity contribution in [1.82, 2.24) is 14.7 Å². The fourth-order valence-corrected chi connectivity index (χ4v) is 2.71. The van der Waals surface area contributed by atoms with E-state index in [2.05, 4.69) is 5.10 Å². The number of carbonyl (C=O) groups is 1. The number of para-hydroxylation sites is 2. The highest BCUT2D eigenvalue weighted by Gasteiger charge is 2.16. The molecule has 0 radical (unpaired) electrons. The normalized spacial score (nSPS) is 10.6. The highest BCUT2D eigenvalue weighted by atomic mass is 19.1. The van der Waals surface area contributed by atoms with E-state index in [-0.39, 0.29) is 17.4 Å². The van der Waals surface area contributed by atoms with Crippen molar-refractivity contribution in [3.8, 4) is 11.4 Å². The monoisotopic (exact) mass is 367 g/mol.